The normalized spacial score (nSPS) is 11.7. The van der Waals surface area contributed by atoms with E-state index in [1.54, 1.807) is 10.9 Å². The van der Waals surface area contributed by atoms with E-state index in [4.69, 9.17) is 34.8 Å². The van der Waals surface area contributed by atoms with E-state index in [0.717, 1.165) is 0 Å². The maximum Gasteiger partial charge on any atom is 0.253 e. The van der Waals surface area contributed by atoms with Crippen LogP contribution in [-0.4, -0.2) is 19.4 Å². The predicted molar refractivity (Wildman–Crippen MR) is 52.5 cm³/mol. The first-order valence-corrected chi connectivity index (χ1v) is 4.72. The number of Topliss-reactive ketones (excluding diaryl/α,β-unsaturated/α-hetero) is 1. The summed E-state index contributed by atoms with van der Waals surface area (Å²) in [6.45, 7) is 2.57. The lowest BCUT2D eigenvalue weighted by Gasteiger charge is -2.06. The van der Waals surface area contributed by atoms with Crippen LogP contribution in [-0.2, 0) is 6.54 Å². The highest BCUT2D eigenvalue weighted by atomic mass is 35.6. The number of carbonyl (C=O) groups is 1. The third kappa shape index (κ3) is 2.59. The first kappa shape index (κ1) is 10.8. The number of hydrogen-bond acceptors (Lipinski definition) is 2. The number of hydrogen-bond donors (Lipinski definition) is 0. The molecular weight excluding hydrogens is 234 g/mol. The molecule has 0 aliphatic carbocycles. The molecule has 1 rings (SSSR count). The third-order valence-corrected chi connectivity index (χ3v) is 1.99. The van der Waals surface area contributed by atoms with Crippen molar-refractivity contribution in [2.75, 3.05) is 0 Å². The van der Waals surface area contributed by atoms with Crippen molar-refractivity contribution in [1.82, 2.24) is 9.78 Å². The van der Waals surface area contributed by atoms with Gasteiger partial charge >= 0.3 is 0 Å². The molecule has 72 valence electrons. The fourth-order valence-corrected chi connectivity index (χ4v) is 1.14. The van der Waals surface area contributed by atoms with E-state index in [0.29, 0.717) is 12.1 Å². The van der Waals surface area contributed by atoms with E-state index in [2.05, 4.69) is 5.10 Å². The minimum absolute atomic E-state index is 0.307. The molecule has 0 saturated heterocycles. The molecule has 0 fully saturated rings. The van der Waals surface area contributed by atoms with Gasteiger partial charge in [0.2, 0.25) is 5.78 Å². The average Bonchev–Trinajstić information content (AvgIpc) is 2.48. The smallest absolute Gasteiger partial charge is 0.253 e. The summed E-state index contributed by atoms with van der Waals surface area (Å²) < 4.78 is -0.314. The van der Waals surface area contributed by atoms with E-state index < -0.39 is 9.58 Å². The Bertz CT molecular complexity index is 316. The van der Waals surface area contributed by atoms with Crippen LogP contribution in [0, 0.1) is 0 Å². The SMILES string of the molecule is CCn1cc(C(=O)C(Cl)(Cl)Cl)cn1. The summed E-state index contributed by atoms with van der Waals surface area (Å²) in [4.78, 5) is 11.3. The molecule has 0 N–H and O–H groups in total. The number of halogens is 3. The molecular formula is C7H7Cl3N2O. The van der Waals surface area contributed by atoms with Crippen LogP contribution in [0.3, 0.4) is 0 Å². The number of aryl methyl sites for hydroxylation is 1. The number of nitrogens with zero attached hydrogens (tertiary/aromatic N) is 2. The summed E-state index contributed by atoms with van der Waals surface area (Å²) in [6.07, 6.45) is 2.93. The summed E-state index contributed by atoms with van der Waals surface area (Å²) in [6, 6.07) is 0. The Morgan fingerprint density at radius 2 is 2.23 bits per heavy atom. The molecule has 0 spiro atoms. The Balaban J connectivity index is 2.90. The zero-order valence-corrected chi connectivity index (χ0v) is 9.07. The molecule has 1 aromatic rings. The quantitative estimate of drug-likeness (QED) is 0.589. The van der Waals surface area contributed by atoms with Gasteiger partial charge in [0, 0.05) is 12.7 Å². The van der Waals surface area contributed by atoms with Crippen LogP contribution < -0.4 is 0 Å². The highest BCUT2D eigenvalue weighted by molar-refractivity contribution is 6.77. The molecule has 0 unspecified atom stereocenters. The molecule has 0 aromatic carbocycles. The van der Waals surface area contributed by atoms with Crippen molar-refractivity contribution in [2.45, 2.75) is 17.3 Å². The van der Waals surface area contributed by atoms with E-state index in [1.165, 1.54) is 6.20 Å². The molecule has 1 heterocycles. The summed E-state index contributed by atoms with van der Waals surface area (Å²) in [5, 5.41) is 3.89. The largest absolute Gasteiger partial charge is 0.289 e. The minimum atomic E-state index is -1.90. The van der Waals surface area contributed by atoms with Crippen LogP contribution in [0.2, 0.25) is 0 Å². The Morgan fingerprint density at radius 3 is 2.62 bits per heavy atom. The molecule has 0 saturated carbocycles. The van der Waals surface area contributed by atoms with Crippen LogP contribution in [0.1, 0.15) is 17.3 Å². The summed E-state index contributed by atoms with van der Waals surface area (Å²) in [5.41, 5.74) is 0.307. The van der Waals surface area contributed by atoms with Crippen molar-refractivity contribution in [3.8, 4) is 0 Å². The molecule has 0 aliphatic rings. The molecule has 1 aromatic heterocycles. The number of ketones is 1. The van der Waals surface area contributed by atoms with Crippen LogP contribution in [0.4, 0.5) is 0 Å². The topological polar surface area (TPSA) is 34.9 Å². The van der Waals surface area contributed by atoms with Crippen molar-refractivity contribution in [1.29, 1.82) is 0 Å². The van der Waals surface area contributed by atoms with Crippen molar-refractivity contribution in [3.05, 3.63) is 18.0 Å². The molecule has 0 bridgehead atoms. The van der Waals surface area contributed by atoms with Gasteiger partial charge in [-0.05, 0) is 6.92 Å². The van der Waals surface area contributed by atoms with E-state index in [-0.39, 0.29) is 0 Å². The molecule has 0 atom stereocenters. The highest BCUT2D eigenvalue weighted by Crippen LogP contribution is 2.30. The summed E-state index contributed by atoms with van der Waals surface area (Å²) in [5.74, 6) is -0.558. The fraction of sp³-hybridized carbons (Fsp3) is 0.429. The van der Waals surface area contributed by atoms with Gasteiger partial charge in [-0.2, -0.15) is 5.10 Å². The summed E-state index contributed by atoms with van der Waals surface area (Å²) in [7, 11) is 0. The van der Waals surface area contributed by atoms with E-state index >= 15 is 0 Å². The number of rotatable bonds is 2. The van der Waals surface area contributed by atoms with Crippen molar-refractivity contribution in [2.24, 2.45) is 0 Å². The molecule has 3 nitrogen and oxygen atoms in total. The highest BCUT2D eigenvalue weighted by Gasteiger charge is 2.32. The minimum Gasteiger partial charge on any atom is -0.289 e. The second kappa shape index (κ2) is 3.86. The fourth-order valence-electron chi connectivity index (χ4n) is 0.817. The first-order chi connectivity index (χ1) is 5.95. The van der Waals surface area contributed by atoms with Crippen molar-refractivity contribution in [3.63, 3.8) is 0 Å². The van der Waals surface area contributed by atoms with Crippen LogP contribution in [0.5, 0.6) is 0 Å². The van der Waals surface area contributed by atoms with Crippen LogP contribution >= 0.6 is 34.8 Å². The molecule has 13 heavy (non-hydrogen) atoms. The second-order valence-electron chi connectivity index (χ2n) is 2.41. The van der Waals surface area contributed by atoms with Gasteiger partial charge in [0.25, 0.3) is 3.79 Å². The van der Waals surface area contributed by atoms with Gasteiger partial charge in [-0.25, -0.2) is 0 Å². The molecule has 0 aliphatic heterocycles. The first-order valence-electron chi connectivity index (χ1n) is 3.59. The molecule has 6 heteroatoms. The van der Waals surface area contributed by atoms with E-state index in [9.17, 15) is 4.79 Å². The van der Waals surface area contributed by atoms with Crippen LogP contribution in [0.25, 0.3) is 0 Å². The standard InChI is InChI=1S/C7H7Cl3N2O/c1-2-12-4-5(3-11-12)6(13)7(8,9)10/h3-4H,2H2,1H3. The van der Waals surface area contributed by atoms with Crippen LogP contribution in [0.15, 0.2) is 12.4 Å². The van der Waals surface area contributed by atoms with Gasteiger partial charge in [0.15, 0.2) is 0 Å². The van der Waals surface area contributed by atoms with Gasteiger partial charge in [0.1, 0.15) is 0 Å². The zero-order valence-electron chi connectivity index (χ0n) is 6.80. The number of alkyl halides is 3. The maximum absolute atomic E-state index is 11.3. The molecule has 0 amide bonds. The average molecular weight is 242 g/mol. The lowest BCUT2D eigenvalue weighted by molar-refractivity contribution is 0.0996. The third-order valence-electron chi connectivity index (χ3n) is 1.48. The lowest BCUT2D eigenvalue weighted by Crippen LogP contribution is -2.18. The van der Waals surface area contributed by atoms with Gasteiger partial charge in [-0.15, -0.1) is 0 Å². The van der Waals surface area contributed by atoms with Gasteiger partial charge < -0.3 is 0 Å². The van der Waals surface area contributed by atoms with Crippen molar-refractivity contribution < 1.29 is 4.79 Å². The Hall–Kier alpha value is -0.250. The molecule has 0 radical (unpaired) electrons. The van der Waals surface area contributed by atoms with Gasteiger partial charge in [-0.3, -0.25) is 9.48 Å². The Labute approximate surface area is 90.6 Å². The summed E-state index contributed by atoms with van der Waals surface area (Å²) >= 11 is 16.2. The lowest BCUT2D eigenvalue weighted by atomic mass is 10.2. The van der Waals surface area contributed by atoms with Gasteiger partial charge in [0.05, 0.1) is 11.8 Å². The maximum atomic E-state index is 11.3. The zero-order chi connectivity index (χ0) is 10.1. The Kier molecular flexibility index (Phi) is 3.22. The second-order valence-corrected chi connectivity index (χ2v) is 4.69. The Morgan fingerprint density at radius 1 is 1.62 bits per heavy atom. The van der Waals surface area contributed by atoms with Crippen molar-refractivity contribution >= 4 is 40.6 Å². The van der Waals surface area contributed by atoms with Gasteiger partial charge in [-0.1, -0.05) is 34.8 Å². The number of aromatic nitrogens is 2. The van der Waals surface area contributed by atoms with E-state index in [1.807, 2.05) is 6.92 Å². The number of carbonyl (C=O) groups excluding carboxylic acids is 1. The monoisotopic (exact) mass is 240 g/mol. The predicted octanol–water partition coefficient (Wildman–Crippen LogP) is 2.46.